The minimum Gasteiger partial charge on any atom is -0.317 e. The fourth-order valence-electron chi connectivity index (χ4n) is 2.06. The number of likely N-dealkylation sites (N-methyl/N-ethyl adjacent to an activating group) is 1. The molecule has 0 saturated carbocycles. The molecule has 0 radical (unpaired) electrons. The van der Waals surface area contributed by atoms with Crippen LogP contribution in [-0.2, 0) is 6.42 Å². The predicted octanol–water partition coefficient (Wildman–Crippen LogP) is 3.95. The van der Waals surface area contributed by atoms with Gasteiger partial charge in [-0.2, -0.15) is 0 Å². The van der Waals surface area contributed by atoms with E-state index in [2.05, 4.69) is 36.5 Å². The maximum Gasteiger partial charge on any atom is 0.126 e. The Kier molecular flexibility index (Phi) is 4.33. The second-order valence-corrected chi connectivity index (χ2v) is 5.05. The molecular formula is C17H20FN. The fraction of sp³-hybridized carbons (Fsp3) is 0.294. The van der Waals surface area contributed by atoms with Crippen LogP contribution < -0.4 is 5.32 Å². The summed E-state index contributed by atoms with van der Waals surface area (Å²) < 4.78 is 13.6. The molecular weight excluding hydrogens is 237 g/mol. The topological polar surface area (TPSA) is 12.0 Å². The molecule has 0 saturated heterocycles. The third-order valence-electron chi connectivity index (χ3n) is 3.49. The second kappa shape index (κ2) is 5.98. The van der Waals surface area contributed by atoms with Gasteiger partial charge in [0.2, 0.25) is 0 Å². The minimum absolute atomic E-state index is 0.148. The van der Waals surface area contributed by atoms with Crippen molar-refractivity contribution in [2.75, 3.05) is 7.05 Å². The number of nitrogens with one attached hydrogen (secondary N) is 1. The van der Waals surface area contributed by atoms with Crippen LogP contribution in [0.3, 0.4) is 0 Å². The predicted molar refractivity (Wildman–Crippen MR) is 78.8 cm³/mol. The van der Waals surface area contributed by atoms with Crippen LogP contribution in [0.25, 0.3) is 11.1 Å². The van der Waals surface area contributed by atoms with Crippen LogP contribution in [0, 0.1) is 12.7 Å². The first-order chi connectivity index (χ1) is 9.10. The van der Waals surface area contributed by atoms with Crippen molar-refractivity contribution in [2.24, 2.45) is 0 Å². The molecule has 0 aromatic heterocycles. The maximum absolute atomic E-state index is 13.6. The van der Waals surface area contributed by atoms with Gasteiger partial charge in [-0.25, -0.2) is 4.39 Å². The highest BCUT2D eigenvalue weighted by Crippen LogP contribution is 2.22. The lowest BCUT2D eigenvalue weighted by Gasteiger charge is -2.10. The van der Waals surface area contributed by atoms with Crippen LogP contribution in [0.1, 0.15) is 18.1 Å². The molecule has 0 fully saturated rings. The van der Waals surface area contributed by atoms with Crippen molar-refractivity contribution >= 4 is 0 Å². The van der Waals surface area contributed by atoms with E-state index in [1.165, 1.54) is 5.56 Å². The normalized spacial score (nSPS) is 12.4. The van der Waals surface area contributed by atoms with Crippen molar-refractivity contribution in [3.8, 4) is 11.1 Å². The molecule has 1 nitrogen and oxygen atoms in total. The van der Waals surface area contributed by atoms with Crippen LogP contribution in [-0.4, -0.2) is 13.1 Å². The molecule has 0 aliphatic heterocycles. The number of benzene rings is 2. The molecule has 2 aromatic rings. The van der Waals surface area contributed by atoms with E-state index in [-0.39, 0.29) is 5.82 Å². The Morgan fingerprint density at radius 3 is 2.26 bits per heavy atom. The molecule has 2 rings (SSSR count). The van der Waals surface area contributed by atoms with Gasteiger partial charge < -0.3 is 5.32 Å². The smallest absolute Gasteiger partial charge is 0.126 e. The van der Waals surface area contributed by atoms with Crippen LogP contribution in [0.2, 0.25) is 0 Å². The maximum atomic E-state index is 13.6. The van der Waals surface area contributed by atoms with Gasteiger partial charge in [-0.05, 0) is 55.6 Å². The van der Waals surface area contributed by atoms with Gasteiger partial charge in [0.05, 0.1) is 0 Å². The Balaban J connectivity index is 2.20. The molecule has 1 atom stereocenters. The Morgan fingerprint density at radius 2 is 1.68 bits per heavy atom. The van der Waals surface area contributed by atoms with E-state index >= 15 is 0 Å². The van der Waals surface area contributed by atoms with Gasteiger partial charge in [0.15, 0.2) is 0 Å². The van der Waals surface area contributed by atoms with Gasteiger partial charge >= 0.3 is 0 Å². The quantitative estimate of drug-likeness (QED) is 0.874. The van der Waals surface area contributed by atoms with Crippen LogP contribution in [0.4, 0.5) is 4.39 Å². The highest BCUT2D eigenvalue weighted by atomic mass is 19.1. The van der Waals surface area contributed by atoms with Crippen molar-refractivity contribution in [3.63, 3.8) is 0 Å². The molecule has 0 bridgehead atoms. The van der Waals surface area contributed by atoms with Crippen molar-refractivity contribution < 1.29 is 4.39 Å². The number of halogens is 1. The zero-order chi connectivity index (χ0) is 13.8. The molecule has 0 heterocycles. The van der Waals surface area contributed by atoms with Crippen LogP contribution in [0.15, 0.2) is 42.5 Å². The summed E-state index contributed by atoms with van der Waals surface area (Å²) in [4.78, 5) is 0. The van der Waals surface area contributed by atoms with E-state index in [0.717, 1.165) is 17.5 Å². The van der Waals surface area contributed by atoms with E-state index < -0.39 is 0 Å². The largest absolute Gasteiger partial charge is 0.317 e. The summed E-state index contributed by atoms with van der Waals surface area (Å²) in [5.41, 5.74) is 3.96. The van der Waals surface area contributed by atoms with Gasteiger partial charge in [-0.1, -0.05) is 36.4 Å². The zero-order valence-corrected chi connectivity index (χ0v) is 11.7. The highest BCUT2D eigenvalue weighted by molar-refractivity contribution is 5.64. The molecule has 1 N–H and O–H groups in total. The molecule has 100 valence electrons. The van der Waals surface area contributed by atoms with E-state index in [9.17, 15) is 4.39 Å². The van der Waals surface area contributed by atoms with Crippen molar-refractivity contribution in [1.82, 2.24) is 5.32 Å². The number of hydrogen-bond donors (Lipinski definition) is 1. The molecule has 0 amide bonds. The SMILES string of the molecule is CNC(C)Cc1ccc(-c2ccc(C)c(F)c2)cc1. The van der Waals surface area contributed by atoms with Crippen molar-refractivity contribution in [2.45, 2.75) is 26.3 Å². The summed E-state index contributed by atoms with van der Waals surface area (Å²) in [5.74, 6) is -0.148. The van der Waals surface area contributed by atoms with E-state index in [1.54, 1.807) is 13.0 Å². The molecule has 2 heteroatoms. The molecule has 1 unspecified atom stereocenters. The first kappa shape index (κ1) is 13.8. The molecule has 0 aliphatic carbocycles. The van der Waals surface area contributed by atoms with Gasteiger partial charge in [0.25, 0.3) is 0 Å². The summed E-state index contributed by atoms with van der Waals surface area (Å²) >= 11 is 0. The van der Waals surface area contributed by atoms with E-state index in [4.69, 9.17) is 0 Å². The number of aryl methyl sites for hydroxylation is 1. The highest BCUT2D eigenvalue weighted by Gasteiger charge is 2.04. The second-order valence-electron chi connectivity index (χ2n) is 5.05. The van der Waals surface area contributed by atoms with Crippen LogP contribution >= 0.6 is 0 Å². The van der Waals surface area contributed by atoms with Gasteiger partial charge in [-0.15, -0.1) is 0 Å². The monoisotopic (exact) mass is 257 g/mol. The Hall–Kier alpha value is -1.67. The average molecular weight is 257 g/mol. The third-order valence-corrected chi connectivity index (χ3v) is 3.49. The summed E-state index contributed by atoms with van der Waals surface area (Å²) in [6.45, 7) is 3.94. The molecule has 19 heavy (non-hydrogen) atoms. The minimum atomic E-state index is -0.148. The number of rotatable bonds is 4. The molecule has 0 spiro atoms. The zero-order valence-electron chi connectivity index (χ0n) is 11.7. The Morgan fingerprint density at radius 1 is 1.05 bits per heavy atom. The Bertz CT molecular complexity index is 546. The first-order valence-corrected chi connectivity index (χ1v) is 6.63. The summed E-state index contributed by atoms with van der Waals surface area (Å²) in [7, 11) is 1.97. The summed E-state index contributed by atoms with van der Waals surface area (Å²) in [5, 5.41) is 3.22. The third kappa shape index (κ3) is 3.42. The molecule has 2 aromatic carbocycles. The number of hydrogen-bond acceptors (Lipinski definition) is 1. The van der Waals surface area contributed by atoms with Crippen molar-refractivity contribution in [3.05, 3.63) is 59.4 Å². The summed E-state index contributed by atoms with van der Waals surface area (Å²) in [6, 6.07) is 14.2. The van der Waals surface area contributed by atoms with Gasteiger partial charge in [0.1, 0.15) is 5.82 Å². The van der Waals surface area contributed by atoms with Crippen LogP contribution in [0.5, 0.6) is 0 Å². The molecule has 0 aliphatic rings. The fourth-order valence-corrected chi connectivity index (χ4v) is 2.06. The lowest BCUT2D eigenvalue weighted by Crippen LogP contribution is -2.23. The standard InChI is InChI=1S/C17H20FN/c1-12-4-7-16(11-17(12)18)15-8-5-14(6-9-15)10-13(2)19-3/h4-9,11,13,19H,10H2,1-3H3. The van der Waals surface area contributed by atoms with Crippen molar-refractivity contribution in [1.29, 1.82) is 0 Å². The van der Waals surface area contributed by atoms with E-state index in [1.807, 2.05) is 19.2 Å². The van der Waals surface area contributed by atoms with E-state index in [0.29, 0.717) is 11.6 Å². The first-order valence-electron chi connectivity index (χ1n) is 6.63. The van der Waals surface area contributed by atoms with Gasteiger partial charge in [-0.3, -0.25) is 0 Å². The lowest BCUT2D eigenvalue weighted by molar-refractivity contribution is 0.608. The Labute approximate surface area is 114 Å². The van der Waals surface area contributed by atoms with Gasteiger partial charge in [0, 0.05) is 6.04 Å². The lowest BCUT2D eigenvalue weighted by atomic mass is 10.0. The average Bonchev–Trinajstić information content (AvgIpc) is 2.42. The summed E-state index contributed by atoms with van der Waals surface area (Å²) in [6.07, 6.45) is 0.999.